The molecule has 0 aliphatic carbocycles. The van der Waals surface area contributed by atoms with Crippen LogP contribution in [0.4, 0.5) is 5.69 Å². The number of hydrogen-bond acceptors (Lipinski definition) is 6. The third-order valence-electron chi connectivity index (χ3n) is 5.35. The van der Waals surface area contributed by atoms with Gasteiger partial charge in [-0.1, -0.05) is 13.8 Å². The minimum Gasteiger partial charge on any atom is -0.477 e. The van der Waals surface area contributed by atoms with Gasteiger partial charge in [0, 0.05) is 18.4 Å². The molecule has 31 heavy (non-hydrogen) atoms. The number of rotatable bonds is 9. The Morgan fingerprint density at radius 2 is 2.10 bits per heavy atom. The van der Waals surface area contributed by atoms with Crippen LogP contribution in [0.25, 0.3) is 22.3 Å². The lowest BCUT2D eigenvalue weighted by Crippen LogP contribution is -2.09. The van der Waals surface area contributed by atoms with Crippen LogP contribution in [0.1, 0.15) is 51.0 Å². The van der Waals surface area contributed by atoms with E-state index in [1.165, 1.54) is 0 Å². The molecule has 0 unspecified atom stereocenters. The first-order valence-corrected chi connectivity index (χ1v) is 10.8. The lowest BCUT2D eigenvalue weighted by atomic mass is 10.1. The van der Waals surface area contributed by atoms with Gasteiger partial charge < -0.3 is 10.1 Å². The van der Waals surface area contributed by atoms with Crippen molar-refractivity contribution in [2.75, 3.05) is 11.9 Å². The summed E-state index contributed by atoms with van der Waals surface area (Å²) in [5, 5.41) is 15.4. The summed E-state index contributed by atoms with van der Waals surface area (Å²) in [6, 6.07) is 8.20. The molecule has 162 valence electrons. The summed E-state index contributed by atoms with van der Waals surface area (Å²) in [4.78, 5) is 9.43. The summed E-state index contributed by atoms with van der Waals surface area (Å²) in [5.74, 6) is 0.600. The largest absolute Gasteiger partial charge is 0.477 e. The maximum atomic E-state index is 5.90. The third kappa shape index (κ3) is 4.23. The van der Waals surface area contributed by atoms with Gasteiger partial charge in [-0.05, 0) is 51.0 Å². The number of fused-ring (bicyclic) bond motifs is 1. The first-order chi connectivity index (χ1) is 15.1. The van der Waals surface area contributed by atoms with E-state index in [0.29, 0.717) is 19.0 Å². The maximum Gasteiger partial charge on any atom is 0.222 e. The lowest BCUT2D eigenvalue weighted by molar-refractivity contribution is 0.306. The van der Waals surface area contributed by atoms with Gasteiger partial charge in [-0.25, -0.2) is 9.97 Å². The SMILES string of the molecule is CCCOc1ncccc1-c1cc(NCc2ccn[nH]2)c2c(n1)c(C)nn2[C@H](C)CC. The summed E-state index contributed by atoms with van der Waals surface area (Å²) in [6.07, 6.45) is 5.40. The summed E-state index contributed by atoms with van der Waals surface area (Å²) in [6.45, 7) is 9.67. The average Bonchev–Trinajstić information content (AvgIpc) is 3.44. The van der Waals surface area contributed by atoms with Crippen molar-refractivity contribution < 1.29 is 4.74 Å². The Morgan fingerprint density at radius 3 is 2.84 bits per heavy atom. The van der Waals surface area contributed by atoms with E-state index in [-0.39, 0.29) is 6.04 Å². The van der Waals surface area contributed by atoms with Crippen molar-refractivity contribution in [1.29, 1.82) is 0 Å². The number of anilines is 1. The van der Waals surface area contributed by atoms with E-state index >= 15 is 0 Å². The average molecular weight is 420 g/mol. The fourth-order valence-electron chi connectivity index (χ4n) is 3.52. The van der Waals surface area contributed by atoms with Crippen molar-refractivity contribution in [3.63, 3.8) is 0 Å². The van der Waals surface area contributed by atoms with E-state index < -0.39 is 0 Å². The van der Waals surface area contributed by atoms with Gasteiger partial charge in [0.15, 0.2) is 0 Å². The second-order valence-electron chi connectivity index (χ2n) is 7.68. The molecule has 8 nitrogen and oxygen atoms in total. The molecule has 0 aliphatic rings. The third-order valence-corrected chi connectivity index (χ3v) is 5.35. The van der Waals surface area contributed by atoms with Crippen LogP contribution in [0.15, 0.2) is 36.7 Å². The minimum atomic E-state index is 0.262. The van der Waals surface area contributed by atoms with Crippen LogP contribution >= 0.6 is 0 Å². The van der Waals surface area contributed by atoms with Crippen LogP contribution in [0, 0.1) is 6.92 Å². The zero-order chi connectivity index (χ0) is 21.8. The number of aromatic nitrogens is 6. The van der Waals surface area contributed by atoms with Crippen molar-refractivity contribution in [1.82, 2.24) is 29.9 Å². The molecule has 0 aliphatic heterocycles. The zero-order valence-electron chi connectivity index (χ0n) is 18.5. The number of H-pyrrole nitrogens is 1. The predicted octanol–water partition coefficient (Wildman–Crippen LogP) is 4.90. The monoisotopic (exact) mass is 419 g/mol. The van der Waals surface area contributed by atoms with E-state index in [1.807, 2.05) is 25.1 Å². The van der Waals surface area contributed by atoms with Gasteiger partial charge in [-0.3, -0.25) is 9.78 Å². The molecule has 4 heterocycles. The standard InChI is InChI=1S/C23H29N7O/c1-5-12-31-23-18(8-7-10-24-23)19-13-20(25-14-17-9-11-26-28-17)22-21(27-19)16(4)29-30(22)15(3)6-2/h7-11,13,15H,5-6,12,14H2,1-4H3,(H,25,27)(H,26,28)/t15-/m1/s1. The van der Waals surface area contributed by atoms with E-state index in [2.05, 4.69) is 52.0 Å². The van der Waals surface area contributed by atoms with Crippen molar-refractivity contribution in [3.05, 3.63) is 48.0 Å². The van der Waals surface area contributed by atoms with Crippen LogP contribution < -0.4 is 10.1 Å². The molecule has 1 atom stereocenters. The summed E-state index contributed by atoms with van der Waals surface area (Å²) < 4.78 is 7.97. The van der Waals surface area contributed by atoms with Gasteiger partial charge in [0.1, 0.15) is 11.0 Å². The van der Waals surface area contributed by atoms with Gasteiger partial charge in [0.05, 0.1) is 41.5 Å². The molecule has 0 spiro atoms. The Kier molecular flexibility index (Phi) is 6.16. The summed E-state index contributed by atoms with van der Waals surface area (Å²) >= 11 is 0. The van der Waals surface area contributed by atoms with Gasteiger partial charge in [0.2, 0.25) is 5.88 Å². The number of ether oxygens (including phenoxy) is 1. The first-order valence-electron chi connectivity index (χ1n) is 10.8. The highest BCUT2D eigenvalue weighted by atomic mass is 16.5. The molecule has 0 saturated heterocycles. The molecule has 4 aromatic heterocycles. The van der Waals surface area contributed by atoms with Crippen molar-refractivity contribution in [2.45, 2.75) is 53.1 Å². The second-order valence-corrected chi connectivity index (χ2v) is 7.68. The number of hydrogen-bond donors (Lipinski definition) is 2. The minimum absolute atomic E-state index is 0.262. The van der Waals surface area contributed by atoms with E-state index in [4.69, 9.17) is 14.8 Å². The van der Waals surface area contributed by atoms with Gasteiger partial charge in [-0.2, -0.15) is 10.2 Å². The smallest absolute Gasteiger partial charge is 0.222 e. The fourth-order valence-corrected chi connectivity index (χ4v) is 3.52. The molecule has 0 bridgehead atoms. The molecule has 2 N–H and O–H groups in total. The highest BCUT2D eigenvalue weighted by Gasteiger charge is 2.20. The maximum absolute atomic E-state index is 5.90. The van der Waals surface area contributed by atoms with Crippen LogP contribution in [0.3, 0.4) is 0 Å². The van der Waals surface area contributed by atoms with Crippen LogP contribution in [-0.4, -0.2) is 36.6 Å². The zero-order valence-corrected chi connectivity index (χ0v) is 18.5. The molecule has 8 heteroatoms. The molecular weight excluding hydrogens is 390 g/mol. The normalized spacial score (nSPS) is 12.3. The Morgan fingerprint density at radius 1 is 1.23 bits per heavy atom. The van der Waals surface area contributed by atoms with E-state index in [0.717, 1.165) is 52.2 Å². The fraction of sp³-hybridized carbons (Fsp3) is 0.391. The number of nitrogens with zero attached hydrogens (tertiary/aromatic N) is 5. The predicted molar refractivity (Wildman–Crippen MR) is 122 cm³/mol. The summed E-state index contributed by atoms with van der Waals surface area (Å²) in [5.41, 5.74) is 6.46. The molecule has 0 fully saturated rings. The van der Waals surface area contributed by atoms with Gasteiger partial charge >= 0.3 is 0 Å². The number of nitrogens with one attached hydrogen (secondary N) is 2. The quantitative estimate of drug-likeness (QED) is 0.401. The second kappa shape index (κ2) is 9.16. The van der Waals surface area contributed by atoms with Crippen molar-refractivity contribution in [3.8, 4) is 17.1 Å². The molecule has 0 radical (unpaired) electrons. The highest BCUT2D eigenvalue weighted by molar-refractivity contribution is 5.93. The Labute approximate surface area is 182 Å². The molecule has 0 saturated carbocycles. The number of aryl methyl sites for hydroxylation is 1. The topological polar surface area (TPSA) is 93.5 Å². The van der Waals surface area contributed by atoms with Crippen LogP contribution in [0.2, 0.25) is 0 Å². The Hall–Kier alpha value is -3.42. The summed E-state index contributed by atoms with van der Waals surface area (Å²) in [7, 11) is 0. The lowest BCUT2D eigenvalue weighted by Gasteiger charge is -2.16. The first kappa shape index (κ1) is 20.8. The van der Waals surface area contributed by atoms with E-state index in [9.17, 15) is 0 Å². The van der Waals surface area contributed by atoms with Gasteiger partial charge in [-0.15, -0.1) is 0 Å². The number of pyridine rings is 2. The van der Waals surface area contributed by atoms with Gasteiger partial charge in [0.25, 0.3) is 0 Å². The Balaban J connectivity index is 1.85. The molecule has 0 aromatic carbocycles. The molecule has 4 rings (SSSR count). The van der Waals surface area contributed by atoms with Crippen molar-refractivity contribution >= 4 is 16.7 Å². The molecule has 0 amide bonds. The van der Waals surface area contributed by atoms with Crippen LogP contribution in [0.5, 0.6) is 5.88 Å². The van der Waals surface area contributed by atoms with E-state index in [1.54, 1.807) is 12.4 Å². The Bertz CT molecular complexity index is 1150. The molecule has 4 aromatic rings. The van der Waals surface area contributed by atoms with Crippen molar-refractivity contribution in [2.24, 2.45) is 0 Å². The van der Waals surface area contributed by atoms with Crippen LogP contribution in [-0.2, 0) is 6.54 Å². The molecular formula is C23H29N7O. The highest BCUT2D eigenvalue weighted by Crippen LogP contribution is 2.35. The number of aromatic amines is 1.